The number of rotatable bonds is 5. The van der Waals surface area contributed by atoms with Gasteiger partial charge in [-0.15, -0.1) is 0 Å². The van der Waals surface area contributed by atoms with Gasteiger partial charge in [-0.2, -0.15) is 13.2 Å². The van der Waals surface area contributed by atoms with E-state index in [1.165, 1.54) is 25.1 Å². The molecule has 5 heteroatoms. The van der Waals surface area contributed by atoms with E-state index in [1.807, 2.05) is 0 Å². The Morgan fingerprint density at radius 2 is 1.95 bits per heavy atom. The summed E-state index contributed by atoms with van der Waals surface area (Å²) in [5.41, 5.74) is -0.558. The van der Waals surface area contributed by atoms with Crippen LogP contribution in [0.2, 0.25) is 0 Å². The summed E-state index contributed by atoms with van der Waals surface area (Å²) >= 11 is 0. The zero-order valence-corrected chi connectivity index (χ0v) is 12.6. The van der Waals surface area contributed by atoms with E-state index in [2.05, 4.69) is 24.1 Å². The van der Waals surface area contributed by atoms with Gasteiger partial charge in [0, 0.05) is 12.7 Å². The molecule has 0 aliphatic heterocycles. The highest BCUT2D eigenvalue weighted by Crippen LogP contribution is 2.43. The average molecular weight is 300 g/mol. The van der Waals surface area contributed by atoms with Gasteiger partial charge in [0.1, 0.15) is 5.82 Å². The van der Waals surface area contributed by atoms with E-state index in [0.29, 0.717) is 12.5 Å². The molecule has 0 saturated heterocycles. The summed E-state index contributed by atoms with van der Waals surface area (Å²) in [5.74, 6) is 0.510. The summed E-state index contributed by atoms with van der Waals surface area (Å²) in [4.78, 5) is 3.89. The number of alkyl halides is 3. The lowest BCUT2D eigenvalue weighted by Crippen LogP contribution is -2.29. The van der Waals surface area contributed by atoms with Gasteiger partial charge >= 0.3 is 6.18 Å². The van der Waals surface area contributed by atoms with Crippen LogP contribution in [0.3, 0.4) is 0 Å². The molecule has 1 aromatic heterocycles. The fourth-order valence-corrected chi connectivity index (χ4v) is 3.49. The van der Waals surface area contributed by atoms with E-state index in [4.69, 9.17) is 0 Å². The standard InChI is InChI=1S/C16H23F3N2/c1-12(2)10-15(7-3-4-8-15)11-21-14-13(16(17,18)19)6-5-9-20-14/h5-6,9,12H,3-4,7-8,10-11H2,1-2H3,(H,20,21). The highest BCUT2D eigenvalue weighted by Gasteiger charge is 2.37. The minimum Gasteiger partial charge on any atom is -0.369 e. The van der Waals surface area contributed by atoms with Crippen molar-refractivity contribution in [2.24, 2.45) is 11.3 Å². The zero-order valence-electron chi connectivity index (χ0n) is 12.6. The smallest absolute Gasteiger partial charge is 0.369 e. The van der Waals surface area contributed by atoms with Gasteiger partial charge in [-0.1, -0.05) is 26.7 Å². The molecule has 0 spiro atoms. The van der Waals surface area contributed by atoms with E-state index >= 15 is 0 Å². The molecule has 0 bridgehead atoms. The van der Waals surface area contributed by atoms with Gasteiger partial charge in [-0.05, 0) is 42.7 Å². The average Bonchev–Trinajstić information content (AvgIpc) is 2.84. The van der Waals surface area contributed by atoms with Crippen molar-refractivity contribution >= 4 is 5.82 Å². The molecule has 1 heterocycles. The van der Waals surface area contributed by atoms with Gasteiger partial charge in [0.2, 0.25) is 0 Å². The molecule has 0 amide bonds. The Balaban J connectivity index is 2.11. The Morgan fingerprint density at radius 1 is 1.29 bits per heavy atom. The number of anilines is 1. The van der Waals surface area contributed by atoms with Crippen LogP contribution in [-0.2, 0) is 6.18 Å². The molecule has 0 aromatic carbocycles. The van der Waals surface area contributed by atoms with Crippen molar-refractivity contribution in [3.05, 3.63) is 23.9 Å². The third kappa shape index (κ3) is 4.11. The van der Waals surface area contributed by atoms with E-state index in [1.54, 1.807) is 0 Å². The van der Waals surface area contributed by atoms with Crippen molar-refractivity contribution in [2.75, 3.05) is 11.9 Å². The SMILES string of the molecule is CC(C)CC1(CNc2ncccc2C(F)(F)F)CCCC1. The predicted octanol–water partition coefficient (Wildman–Crippen LogP) is 5.12. The molecule has 1 aliphatic rings. The fraction of sp³-hybridized carbons (Fsp3) is 0.688. The molecular weight excluding hydrogens is 277 g/mol. The van der Waals surface area contributed by atoms with Gasteiger partial charge in [-0.25, -0.2) is 4.98 Å². The molecule has 1 fully saturated rings. The third-order valence-electron chi connectivity index (χ3n) is 4.25. The van der Waals surface area contributed by atoms with Crippen LogP contribution in [-0.4, -0.2) is 11.5 Å². The molecule has 1 saturated carbocycles. The lowest BCUT2D eigenvalue weighted by molar-refractivity contribution is -0.137. The monoisotopic (exact) mass is 300 g/mol. The second-order valence-electron chi connectivity index (χ2n) is 6.56. The molecular formula is C16H23F3N2. The molecule has 21 heavy (non-hydrogen) atoms. The van der Waals surface area contributed by atoms with E-state index in [9.17, 15) is 13.2 Å². The van der Waals surface area contributed by atoms with E-state index < -0.39 is 11.7 Å². The molecule has 0 atom stereocenters. The predicted molar refractivity (Wildman–Crippen MR) is 78.1 cm³/mol. The van der Waals surface area contributed by atoms with Crippen LogP contribution in [0, 0.1) is 11.3 Å². The Hall–Kier alpha value is -1.26. The summed E-state index contributed by atoms with van der Waals surface area (Å²) in [6, 6.07) is 2.41. The maximum Gasteiger partial charge on any atom is 0.419 e. The second-order valence-corrected chi connectivity index (χ2v) is 6.56. The van der Waals surface area contributed by atoms with Crippen LogP contribution in [0.25, 0.3) is 0 Å². The lowest BCUT2D eigenvalue weighted by Gasteiger charge is -2.31. The number of hydrogen-bond acceptors (Lipinski definition) is 2. The van der Waals surface area contributed by atoms with Crippen LogP contribution < -0.4 is 5.32 Å². The first kappa shape index (κ1) is 16.1. The van der Waals surface area contributed by atoms with Crippen LogP contribution in [0.5, 0.6) is 0 Å². The Bertz CT molecular complexity index is 463. The van der Waals surface area contributed by atoms with Crippen LogP contribution in [0.4, 0.5) is 19.0 Å². The van der Waals surface area contributed by atoms with E-state index in [-0.39, 0.29) is 11.2 Å². The van der Waals surface area contributed by atoms with Gasteiger partial charge < -0.3 is 5.32 Å². The number of nitrogens with one attached hydrogen (secondary N) is 1. The molecule has 2 rings (SSSR count). The normalized spacial score (nSPS) is 18.2. The molecule has 2 nitrogen and oxygen atoms in total. The molecule has 1 N–H and O–H groups in total. The lowest BCUT2D eigenvalue weighted by atomic mass is 9.78. The minimum absolute atomic E-state index is 0.0416. The second kappa shape index (κ2) is 6.24. The first-order chi connectivity index (χ1) is 9.82. The summed E-state index contributed by atoms with van der Waals surface area (Å²) in [7, 11) is 0. The number of pyridine rings is 1. The van der Waals surface area contributed by atoms with Crippen molar-refractivity contribution in [3.63, 3.8) is 0 Å². The van der Waals surface area contributed by atoms with Crippen LogP contribution in [0.1, 0.15) is 51.5 Å². The number of nitrogens with zero attached hydrogens (tertiary/aromatic N) is 1. The van der Waals surface area contributed by atoms with Gasteiger partial charge in [0.25, 0.3) is 0 Å². The zero-order chi connectivity index (χ0) is 15.5. The Morgan fingerprint density at radius 3 is 2.52 bits per heavy atom. The summed E-state index contributed by atoms with van der Waals surface area (Å²) in [6.45, 7) is 4.91. The van der Waals surface area contributed by atoms with Crippen molar-refractivity contribution in [1.82, 2.24) is 4.98 Å². The van der Waals surface area contributed by atoms with Crippen LogP contribution >= 0.6 is 0 Å². The van der Waals surface area contributed by atoms with Gasteiger partial charge in [0.05, 0.1) is 5.56 Å². The first-order valence-electron chi connectivity index (χ1n) is 7.58. The van der Waals surface area contributed by atoms with Gasteiger partial charge in [-0.3, -0.25) is 0 Å². The Labute approximate surface area is 124 Å². The summed E-state index contributed by atoms with van der Waals surface area (Å²) < 4.78 is 38.9. The minimum atomic E-state index is -4.36. The van der Waals surface area contributed by atoms with Crippen molar-refractivity contribution in [3.8, 4) is 0 Å². The highest BCUT2D eigenvalue weighted by molar-refractivity contribution is 5.45. The van der Waals surface area contributed by atoms with Gasteiger partial charge in [0.15, 0.2) is 0 Å². The molecule has 0 unspecified atom stereocenters. The van der Waals surface area contributed by atoms with Crippen LogP contribution in [0.15, 0.2) is 18.3 Å². The maximum absolute atomic E-state index is 13.0. The molecule has 118 valence electrons. The maximum atomic E-state index is 13.0. The number of aromatic nitrogens is 1. The topological polar surface area (TPSA) is 24.9 Å². The highest BCUT2D eigenvalue weighted by atomic mass is 19.4. The third-order valence-corrected chi connectivity index (χ3v) is 4.25. The van der Waals surface area contributed by atoms with Crippen molar-refractivity contribution < 1.29 is 13.2 Å². The molecule has 1 aliphatic carbocycles. The quantitative estimate of drug-likeness (QED) is 0.816. The summed E-state index contributed by atoms with van der Waals surface area (Å²) in [5, 5.41) is 2.98. The Kier molecular flexibility index (Phi) is 4.79. The van der Waals surface area contributed by atoms with Crippen molar-refractivity contribution in [1.29, 1.82) is 0 Å². The number of halogens is 3. The number of hydrogen-bond donors (Lipinski definition) is 1. The fourth-order valence-electron chi connectivity index (χ4n) is 3.49. The molecule has 0 radical (unpaired) electrons. The first-order valence-corrected chi connectivity index (χ1v) is 7.58. The van der Waals surface area contributed by atoms with E-state index in [0.717, 1.165) is 25.3 Å². The summed E-state index contributed by atoms with van der Waals surface area (Å²) in [6.07, 6.45) is 2.61. The molecule has 1 aromatic rings. The largest absolute Gasteiger partial charge is 0.419 e. The van der Waals surface area contributed by atoms with Crippen molar-refractivity contribution in [2.45, 2.75) is 52.1 Å².